The van der Waals surface area contributed by atoms with Crippen LogP contribution in [0.4, 0.5) is 0 Å². The van der Waals surface area contributed by atoms with Gasteiger partial charge < -0.3 is 15.5 Å². The van der Waals surface area contributed by atoms with Gasteiger partial charge >= 0.3 is 0 Å². The molecule has 0 saturated carbocycles. The van der Waals surface area contributed by atoms with Crippen LogP contribution in [0.5, 0.6) is 0 Å². The minimum atomic E-state index is -0.552. The minimum absolute atomic E-state index is 0.224. The lowest BCUT2D eigenvalue weighted by molar-refractivity contribution is 0.0955. The first-order valence-electron chi connectivity index (χ1n) is 9.02. The zero-order valence-corrected chi connectivity index (χ0v) is 15.9. The number of primary amides is 1. The topological polar surface area (TPSA) is 93.7 Å². The molecule has 0 aliphatic heterocycles. The van der Waals surface area contributed by atoms with Crippen LogP contribution >= 0.6 is 0 Å². The summed E-state index contributed by atoms with van der Waals surface area (Å²) in [6.45, 7) is 7.89. The molecule has 0 saturated heterocycles. The van der Waals surface area contributed by atoms with Gasteiger partial charge in [-0.25, -0.2) is 0 Å². The predicted octanol–water partition coefficient (Wildman–Crippen LogP) is 3.13. The van der Waals surface area contributed by atoms with Crippen molar-refractivity contribution in [1.29, 1.82) is 0 Å². The Bertz CT molecular complexity index is 1120. The molecule has 3 N–H and O–H groups in total. The Morgan fingerprint density at radius 1 is 1.03 bits per heavy atom. The van der Waals surface area contributed by atoms with E-state index in [0.717, 1.165) is 5.57 Å². The van der Waals surface area contributed by atoms with E-state index in [-0.39, 0.29) is 11.7 Å². The molecule has 3 rings (SSSR count). The standard InChI is InChI=1S/C23H21N3O3/c1-3-5-15(2)14-25-23(29)18-6-4-13-26-19(18)11-12-20(26)21(27)16-7-9-17(10-8-16)22(24)28/h3-4,6-13H,1-2,5,14H2,(H2,24,28)(H,25,29). The summed E-state index contributed by atoms with van der Waals surface area (Å²) in [7, 11) is 0. The number of aromatic nitrogens is 1. The molecule has 29 heavy (non-hydrogen) atoms. The number of rotatable bonds is 8. The number of pyridine rings is 1. The predicted molar refractivity (Wildman–Crippen MR) is 112 cm³/mol. The minimum Gasteiger partial charge on any atom is -0.366 e. The summed E-state index contributed by atoms with van der Waals surface area (Å²) in [5.41, 5.74) is 8.34. The highest BCUT2D eigenvalue weighted by atomic mass is 16.2. The first-order chi connectivity index (χ1) is 13.9. The summed E-state index contributed by atoms with van der Waals surface area (Å²) >= 11 is 0. The average molecular weight is 387 g/mol. The third kappa shape index (κ3) is 4.16. The first kappa shape index (κ1) is 19.8. The average Bonchev–Trinajstić information content (AvgIpc) is 3.16. The number of nitrogens with two attached hydrogens (primary N) is 1. The number of hydrogen-bond acceptors (Lipinski definition) is 3. The normalized spacial score (nSPS) is 10.5. The van der Waals surface area contributed by atoms with Crippen LogP contribution in [0.3, 0.4) is 0 Å². The van der Waals surface area contributed by atoms with Gasteiger partial charge in [0, 0.05) is 23.9 Å². The molecular formula is C23H21N3O3. The Balaban J connectivity index is 1.88. The van der Waals surface area contributed by atoms with Crippen molar-refractivity contribution < 1.29 is 14.4 Å². The van der Waals surface area contributed by atoms with Crippen LogP contribution in [-0.4, -0.2) is 28.5 Å². The molecule has 0 atom stereocenters. The highest BCUT2D eigenvalue weighted by molar-refractivity contribution is 6.10. The van der Waals surface area contributed by atoms with E-state index < -0.39 is 5.91 Å². The van der Waals surface area contributed by atoms with Crippen molar-refractivity contribution in [2.75, 3.05) is 6.54 Å². The van der Waals surface area contributed by atoms with Crippen molar-refractivity contribution in [3.05, 3.63) is 102 Å². The lowest BCUT2D eigenvalue weighted by Gasteiger charge is -2.09. The van der Waals surface area contributed by atoms with E-state index in [4.69, 9.17) is 5.73 Å². The van der Waals surface area contributed by atoms with Gasteiger partial charge in [0.1, 0.15) is 0 Å². The number of carbonyl (C=O) groups is 3. The van der Waals surface area contributed by atoms with Crippen molar-refractivity contribution in [1.82, 2.24) is 9.72 Å². The summed E-state index contributed by atoms with van der Waals surface area (Å²) in [4.78, 5) is 36.7. The van der Waals surface area contributed by atoms with Crippen molar-refractivity contribution >= 4 is 23.1 Å². The highest BCUT2D eigenvalue weighted by Gasteiger charge is 2.17. The SMILES string of the molecule is C=CCC(=C)CNC(=O)c1cccn2c(C(=O)c3ccc(C(N)=O)cc3)ccc12. The molecule has 0 unspecified atom stereocenters. The van der Waals surface area contributed by atoms with E-state index in [9.17, 15) is 14.4 Å². The molecule has 0 bridgehead atoms. The van der Waals surface area contributed by atoms with Crippen molar-refractivity contribution in [2.24, 2.45) is 5.73 Å². The monoisotopic (exact) mass is 387 g/mol. The van der Waals surface area contributed by atoms with Crippen LogP contribution in [0, 0.1) is 0 Å². The Kier molecular flexibility index (Phi) is 5.74. The van der Waals surface area contributed by atoms with Crippen LogP contribution in [0.1, 0.15) is 43.2 Å². The molecule has 1 aromatic carbocycles. The van der Waals surface area contributed by atoms with E-state index in [0.29, 0.717) is 40.9 Å². The van der Waals surface area contributed by atoms with E-state index >= 15 is 0 Å². The lowest BCUT2D eigenvalue weighted by Crippen LogP contribution is -2.25. The second-order valence-electron chi connectivity index (χ2n) is 6.59. The zero-order valence-electron chi connectivity index (χ0n) is 15.9. The molecular weight excluding hydrogens is 366 g/mol. The van der Waals surface area contributed by atoms with Gasteiger partial charge in [-0.1, -0.05) is 30.4 Å². The summed E-state index contributed by atoms with van der Waals surface area (Å²) < 4.78 is 1.68. The van der Waals surface area contributed by atoms with Crippen molar-refractivity contribution in [2.45, 2.75) is 6.42 Å². The number of amides is 2. The summed E-state index contributed by atoms with van der Waals surface area (Å²) in [5.74, 6) is -1.02. The van der Waals surface area contributed by atoms with E-state index in [1.54, 1.807) is 53.1 Å². The smallest absolute Gasteiger partial charge is 0.253 e. The van der Waals surface area contributed by atoms with Gasteiger partial charge in [0.15, 0.2) is 0 Å². The van der Waals surface area contributed by atoms with Gasteiger partial charge in [0.2, 0.25) is 11.7 Å². The summed E-state index contributed by atoms with van der Waals surface area (Å²) in [5, 5.41) is 2.83. The number of fused-ring (bicyclic) bond motifs is 1. The highest BCUT2D eigenvalue weighted by Crippen LogP contribution is 2.19. The maximum Gasteiger partial charge on any atom is 0.253 e. The molecule has 0 aliphatic rings. The zero-order chi connectivity index (χ0) is 21.0. The third-order valence-electron chi connectivity index (χ3n) is 4.53. The Labute approximate surface area is 168 Å². The number of hydrogen-bond donors (Lipinski definition) is 2. The van der Waals surface area contributed by atoms with Gasteiger partial charge in [-0.2, -0.15) is 0 Å². The molecule has 146 valence electrons. The third-order valence-corrected chi connectivity index (χ3v) is 4.53. The van der Waals surface area contributed by atoms with Gasteiger partial charge in [0.25, 0.3) is 5.91 Å². The fourth-order valence-electron chi connectivity index (χ4n) is 3.03. The van der Waals surface area contributed by atoms with Crippen molar-refractivity contribution in [3.63, 3.8) is 0 Å². The van der Waals surface area contributed by atoms with Crippen LogP contribution in [0.15, 0.2) is 79.5 Å². The molecule has 3 aromatic rings. The molecule has 0 fully saturated rings. The largest absolute Gasteiger partial charge is 0.366 e. The number of nitrogens with one attached hydrogen (secondary N) is 1. The number of carbonyl (C=O) groups excluding carboxylic acids is 3. The van der Waals surface area contributed by atoms with Gasteiger partial charge in [-0.15, -0.1) is 6.58 Å². The van der Waals surface area contributed by atoms with Gasteiger partial charge in [-0.3, -0.25) is 14.4 Å². The molecule has 0 aliphatic carbocycles. The summed E-state index contributed by atoms with van der Waals surface area (Å²) in [6, 6.07) is 13.0. The lowest BCUT2D eigenvalue weighted by atomic mass is 10.1. The quantitative estimate of drug-likeness (QED) is 0.459. The van der Waals surface area contributed by atoms with Gasteiger partial charge in [-0.05, 0) is 42.8 Å². The summed E-state index contributed by atoms with van der Waals surface area (Å²) in [6.07, 6.45) is 4.09. The second kappa shape index (κ2) is 8.39. The second-order valence-corrected chi connectivity index (χ2v) is 6.59. The first-order valence-corrected chi connectivity index (χ1v) is 9.02. The van der Waals surface area contributed by atoms with Crippen LogP contribution in [0.25, 0.3) is 5.52 Å². The van der Waals surface area contributed by atoms with Crippen LogP contribution < -0.4 is 11.1 Å². The molecule has 6 heteroatoms. The number of benzene rings is 1. The molecule has 6 nitrogen and oxygen atoms in total. The maximum absolute atomic E-state index is 12.9. The van der Waals surface area contributed by atoms with E-state index in [2.05, 4.69) is 18.5 Å². The number of allylic oxidation sites excluding steroid dienone is 1. The molecule has 0 spiro atoms. The molecule has 2 aromatic heterocycles. The number of ketones is 1. The molecule has 0 radical (unpaired) electrons. The Hall–Kier alpha value is -3.93. The van der Waals surface area contributed by atoms with E-state index in [1.807, 2.05) is 0 Å². The fraction of sp³-hybridized carbons (Fsp3) is 0.0870. The van der Waals surface area contributed by atoms with Crippen molar-refractivity contribution in [3.8, 4) is 0 Å². The Morgan fingerprint density at radius 2 is 1.72 bits per heavy atom. The van der Waals surface area contributed by atoms with Crippen LogP contribution in [-0.2, 0) is 0 Å². The molecule has 2 heterocycles. The van der Waals surface area contributed by atoms with Crippen LogP contribution in [0.2, 0.25) is 0 Å². The fourth-order valence-corrected chi connectivity index (χ4v) is 3.03. The molecule has 2 amide bonds. The maximum atomic E-state index is 12.9. The van der Waals surface area contributed by atoms with E-state index in [1.165, 1.54) is 12.1 Å². The number of nitrogens with zero attached hydrogens (tertiary/aromatic N) is 1. The van der Waals surface area contributed by atoms with Gasteiger partial charge in [0.05, 0.1) is 16.8 Å². The Morgan fingerprint density at radius 3 is 2.38 bits per heavy atom.